The van der Waals surface area contributed by atoms with Gasteiger partial charge < -0.3 is 4.98 Å². The zero-order valence-electron chi connectivity index (χ0n) is 8.39. The molecule has 0 saturated carbocycles. The number of allylic oxidation sites excluding steroid dienone is 2. The lowest BCUT2D eigenvalue weighted by atomic mass is 9.93. The fraction of sp³-hybridized carbons (Fsp3) is 0.273. The fourth-order valence-corrected chi connectivity index (χ4v) is 1.72. The molecule has 0 fully saturated rings. The fourth-order valence-electron chi connectivity index (χ4n) is 1.72. The van der Waals surface area contributed by atoms with Crippen molar-refractivity contribution < 1.29 is 9.59 Å². The summed E-state index contributed by atoms with van der Waals surface area (Å²) in [7, 11) is 0. The van der Waals surface area contributed by atoms with E-state index < -0.39 is 0 Å². The SMILES string of the molecule is CC1=CC(=O)c2[nH]c(C)c(C)c2C1=O. The van der Waals surface area contributed by atoms with Gasteiger partial charge in [0.05, 0.1) is 11.3 Å². The predicted molar refractivity (Wildman–Crippen MR) is 52.7 cm³/mol. The lowest BCUT2D eigenvalue weighted by Crippen LogP contribution is -2.15. The van der Waals surface area contributed by atoms with Gasteiger partial charge in [-0.2, -0.15) is 0 Å². The van der Waals surface area contributed by atoms with E-state index in [1.54, 1.807) is 6.92 Å². The minimum absolute atomic E-state index is 0.0403. The normalized spacial score (nSPS) is 15.5. The molecule has 1 aliphatic carbocycles. The van der Waals surface area contributed by atoms with E-state index in [1.165, 1.54) is 6.08 Å². The summed E-state index contributed by atoms with van der Waals surface area (Å²) in [5.74, 6) is -0.144. The molecule has 72 valence electrons. The molecule has 0 bridgehead atoms. The van der Waals surface area contributed by atoms with Crippen molar-refractivity contribution in [2.45, 2.75) is 20.8 Å². The Hall–Kier alpha value is -1.64. The molecule has 0 unspecified atom stereocenters. The second-order valence-electron chi connectivity index (χ2n) is 3.65. The summed E-state index contributed by atoms with van der Waals surface area (Å²) in [5, 5.41) is 0. The van der Waals surface area contributed by atoms with Gasteiger partial charge in [-0.25, -0.2) is 0 Å². The van der Waals surface area contributed by atoms with E-state index in [4.69, 9.17) is 0 Å². The Morgan fingerprint density at radius 3 is 2.43 bits per heavy atom. The third-order valence-electron chi connectivity index (χ3n) is 2.68. The number of H-pyrrole nitrogens is 1. The molecule has 0 radical (unpaired) electrons. The number of nitrogens with one attached hydrogen (secondary N) is 1. The lowest BCUT2D eigenvalue weighted by molar-refractivity contribution is 0.0982. The smallest absolute Gasteiger partial charge is 0.203 e. The Kier molecular flexibility index (Phi) is 1.71. The number of hydrogen-bond donors (Lipinski definition) is 1. The molecule has 3 heteroatoms. The van der Waals surface area contributed by atoms with Crippen molar-refractivity contribution in [3.63, 3.8) is 0 Å². The molecule has 0 saturated heterocycles. The number of carbonyl (C=O) groups excluding carboxylic acids is 2. The summed E-state index contributed by atoms with van der Waals surface area (Å²) in [6, 6.07) is 0. The van der Waals surface area contributed by atoms with Gasteiger partial charge in [0.15, 0.2) is 5.78 Å². The van der Waals surface area contributed by atoms with Crippen LogP contribution in [0.3, 0.4) is 0 Å². The van der Waals surface area contributed by atoms with Gasteiger partial charge in [-0.3, -0.25) is 9.59 Å². The molecule has 0 atom stereocenters. The molecular weight excluding hydrogens is 178 g/mol. The van der Waals surface area contributed by atoms with Crippen LogP contribution in [0.25, 0.3) is 0 Å². The number of hydrogen-bond acceptors (Lipinski definition) is 2. The maximum absolute atomic E-state index is 11.8. The van der Waals surface area contributed by atoms with Crippen LogP contribution in [0.1, 0.15) is 39.0 Å². The zero-order chi connectivity index (χ0) is 10.5. The summed E-state index contributed by atoms with van der Waals surface area (Å²) < 4.78 is 0. The molecule has 1 aromatic heterocycles. The van der Waals surface area contributed by atoms with Crippen LogP contribution in [0.4, 0.5) is 0 Å². The average molecular weight is 189 g/mol. The molecule has 1 aliphatic rings. The number of rotatable bonds is 0. The highest BCUT2D eigenvalue weighted by Crippen LogP contribution is 2.25. The lowest BCUT2D eigenvalue weighted by Gasteiger charge is -2.08. The van der Waals surface area contributed by atoms with E-state index in [9.17, 15) is 9.59 Å². The van der Waals surface area contributed by atoms with Crippen molar-refractivity contribution in [3.05, 3.63) is 34.2 Å². The molecule has 3 nitrogen and oxygen atoms in total. The summed E-state index contributed by atoms with van der Waals surface area (Å²) in [6.07, 6.45) is 1.39. The van der Waals surface area contributed by atoms with E-state index in [1.807, 2.05) is 13.8 Å². The molecule has 0 spiro atoms. The predicted octanol–water partition coefficient (Wildman–Crippen LogP) is 1.96. The van der Waals surface area contributed by atoms with E-state index in [-0.39, 0.29) is 11.6 Å². The second kappa shape index (κ2) is 2.67. The average Bonchev–Trinajstić information content (AvgIpc) is 2.41. The van der Waals surface area contributed by atoms with Crippen LogP contribution >= 0.6 is 0 Å². The largest absolute Gasteiger partial charge is 0.355 e. The van der Waals surface area contributed by atoms with Crippen molar-refractivity contribution in [2.75, 3.05) is 0 Å². The molecular formula is C11H11NO2. The maximum Gasteiger partial charge on any atom is 0.203 e. The first-order valence-electron chi connectivity index (χ1n) is 4.49. The number of carbonyl (C=O) groups is 2. The zero-order valence-corrected chi connectivity index (χ0v) is 8.39. The van der Waals surface area contributed by atoms with Crippen LogP contribution in [0.5, 0.6) is 0 Å². The first kappa shape index (κ1) is 8.94. The van der Waals surface area contributed by atoms with E-state index in [2.05, 4.69) is 4.98 Å². The van der Waals surface area contributed by atoms with Crippen LogP contribution in [-0.4, -0.2) is 16.6 Å². The number of aromatic nitrogens is 1. The van der Waals surface area contributed by atoms with Crippen LogP contribution in [-0.2, 0) is 0 Å². The molecule has 1 N–H and O–H groups in total. The van der Waals surface area contributed by atoms with E-state index in [0.29, 0.717) is 16.8 Å². The third kappa shape index (κ3) is 0.985. The molecule has 0 amide bonds. The minimum Gasteiger partial charge on any atom is -0.355 e. The van der Waals surface area contributed by atoms with Gasteiger partial charge in [-0.05, 0) is 32.4 Å². The number of ketones is 2. The van der Waals surface area contributed by atoms with E-state index >= 15 is 0 Å². The van der Waals surface area contributed by atoms with Gasteiger partial charge in [0.1, 0.15) is 0 Å². The topological polar surface area (TPSA) is 49.9 Å². The number of aromatic amines is 1. The van der Waals surface area contributed by atoms with Crippen LogP contribution < -0.4 is 0 Å². The Morgan fingerprint density at radius 2 is 1.79 bits per heavy atom. The van der Waals surface area contributed by atoms with Gasteiger partial charge >= 0.3 is 0 Å². The summed E-state index contributed by atoms with van der Waals surface area (Å²) in [4.78, 5) is 26.3. The van der Waals surface area contributed by atoms with Gasteiger partial charge in [0, 0.05) is 11.3 Å². The molecule has 0 aliphatic heterocycles. The van der Waals surface area contributed by atoms with Crippen molar-refractivity contribution in [1.82, 2.24) is 4.98 Å². The minimum atomic E-state index is -0.103. The van der Waals surface area contributed by atoms with Gasteiger partial charge in [0.2, 0.25) is 5.78 Å². The molecule has 0 aromatic carbocycles. The molecule has 14 heavy (non-hydrogen) atoms. The highest BCUT2D eigenvalue weighted by Gasteiger charge is 2.27. The van der Waals surface area contributed by atoms with Crippen LogP contribution in [0, 0.1) is 13.8 Å². The van der Waals surface area contributed by atoms with Gasteiger partial charge in [-0.1, -0.05) is 0 Å². The highest BCUT2D eigenvalue weighted by molar-refractivity contribution is 6.24. The number of Topliss-reactive ketones (excluding diaryl/α,β-unsaturated/α-hetero) is 1. The Bertz CT molecular complexity index is 478. The maximum atomic E-state index is 11.8. The second-order valence-corrected chi connectivity index (χ2v) is 3.65. The van der Waals surface area contributed by atoms with Crippen molar-refractivity contribution in [3.8, 4) is 0 Å². The van der Waals surface area contributed by atoms with Crippen LogP contribution in [0.2, 0.25) is 0 Å². The number of aryl methyl sites for hydroxylation is 1. The summed E-state index contributed by atoms with van der Waals surface area (Å²) in [6.45, 7) is 5.39. The summed E-state index contributed by atoms with van der Waals surface area (Å²) in [5.41, 5.74) is 3.28. The Labute approximate surface area is 81.8 Å². The molecule has 2 rings (SSSR count). The quantitative estimate of drug-likeness (QED) is 0.678. The van der Waals surface area contributed by atoms with Crippen molar-refractivity contribution in [2.24, 2.45) is 0 Å². The summed E-state index contributed by atoms with van der Waals surface area (Å²) >= 11 is 0. The molecule has 1 heterocycles. The van der Waals surface area contributed by atoms with Crippen molar-refractivity contribution >= 4 is 11.6 Å². The standard InChI is InChI=1S/C11H11NO2/c1-5-4-8(13)10-9(11(5)14)6(2)7(3)12-10/h4,12H,1-3H3. The first-order valence-corrected chi connectivity index (χ1v) is 4.49. The van der Waals surface area contributed by atoms with Crippen LogP contribution in [0.15, 0.2) is 11.6 Å². The monoisotopic (exact) mass is 189 g/mol. The van der Waals surface area contributed by atoms with E-state index in [0.717, 1.165) is 11.3 Å². The van der Waals surface area contributed by atoms with Crippen molar-refractivity contribution in [1.29, 1.82) is 0 Å². The molecule has 1 aromatic rings. The Morgan fingerprint density at radius 1 is 1.14 bits per heavy atom. The van der Waals surface area contributed by atoms with Gasteiger partial charge in [0.25, 0.3) is 0 Å². The first-order chi connectivity index (χ1) is 6.52. The number of fused-ring (bicyclic) bond motifs is 1. The highest BCUT2D eigenvalue weighted by atomic mass is 16.1. The Balaban J connectivity index is 2.75. The van der Waals surface area contributed by atoms with Gasteiger partial charge in [-0.15, -0.1) is 0 Å². The third-order valence-corrected chi connectivity index (χ3v) is 2.68.